The van der Waals surface area contributed by atoms with E-state index >= 15 is 0 Å². The largest absolute Gasteiger partial charge is 0.409 e. The fourth-order valence-electron chi connectivity index (χ4n) is 1.34. The Kier molecular flexibility index (Phi) is 5.19. The average Bonchev–Trinajstić information content (AvgIpc) is 2.32. The van der Waals surface area contributed by atoms with Gasteiger partial charge in [-0.1, -0.05) is 5.16 Å². The van der Waals surface area contributed by atoms with Crippen molar-refractivity contribution in [3.05, 3.63) is 29.8 Å². The predicted octanol–water partition coefficient (Wildman–Crippen LogP) is 2.29. The van der Waals surface area contributed by atoms with Crippen LogP contribution in [0.25, 0.3) is 0 Å². The zero-order valence-corrected chi connectivity index (χ0v) is 9.29. The number of anilines is 1. The number of unbranched alkanes of at least 4 members (excludes halogenated alkanes) is 1. The summed E-state index contributed by atoms with van der Waals surface area (Å²) in [5.74, 6) is -0.796. The number of nitrogens with one attached hydrogen (secondary N) is 1. The van der Waals surface area contributed by atoms with Crippen molar-refractivity contribution in [1.82, 2.24) is 0 Å². The first kappa shape index (κ1) is 13.2. The molecule has 0 amide bonds. The lowest BCUT2D eigenvalue weighted by Gasteiger charge is -2.07. The van der Waals surface area contributed by atoms with Gasteiger partial charge in [0.1, 0.15) is 17.5 Å². The van der Waals surface area contributed by atoms with Gasteiger partial charge in [0, 0.05) is 13.0 Å². The quantitative estimate of drug-likeness (QED) is 0.236. The van der Waals surface area contributed by atoms with Gasteiger partial charge in [-0.15, -0.1) is 0 Å². The molecule has 4 N–H and O–H groups in total. The maximum Gasteiger partial charge on any atom is 0.146 e. The maximum absolute atomic E-state index is 13.2. The Morgan fingerprint density at radius 1 is 1.35 bits per heavy atom. The molecule has 0 aromatic heterocycles. The fourth-order valence-corrected chi connectivity index (χ4v) is 1.34. The predicted molar refractivity (Wildman–Crippen MR) is 62.1 cm³/mol. The number of benzene rings is 1. The van der Waals surface area contributed by atoms with Gasteiger partial charge < -0.3 is 16.3 Å². The third-order valence-corrected chi connectivity index (χ3v) is 2.23. The van der Waals surface area contributed by atoms with Crippen LogP contribution in [-0.4, -0.2) is 17.6 Å². The number of nitrogens with two attached hydrogens (primary N) is 1. The lowest BCUT2D eigenvalue weighted by molar-refractivity contribution is 0.316. The monoisotopic (exact) mass is 243 g/mol. The summed E-state index contributed by atoms with van der Waals surface area (Å²) in [7, 11) is 0. The van der Waals surface area contributed by atoms with Crippen LogP contribution in [0.2, 0.25) is 0 Å². The molecule has 1 aromatic rings. The maximum atomic E-state index is 13.2. The van der Waals surface area contributed by atoms with Crippen molar-refractivity contribution in [1.29, 1.82) is 0 Å². The van der Waals surface area contributed by atoms with E-state index in [0.29, 0.717) is 25.8 Å². The van der Waals surface area contributed by atoms with Crippen molar-refractivity contribution >= 4 is 11.5 Å². The van der Waals surface area contributed by atoms with E-state index in [1.807, 2.05) is 0 Å². The molecule has 94 valence electrons. The lowest BCUT2D eigenvalue weighted by atomic mass is 10.2. The molecular weight excluding hydrogens is 228 g/mol. The third kappa shape index (κ3) is 4.67. The highest BCUT2D eigenvalue weighted by Crippen LogP contribution is 2.15. The molecule has 0 aliphatic rings. The van der Waals surface area contributed by atoms with Gasteiger partial charge >= 0.3 is 0 Å². The minimum Gasteiger partial charge on any atom is -0.409 e. The van der Waals surface area contributed by atoms with Crippen molar-refractivity contribution in [3.63, 3.8) is 0 Å². The van der Waals surface area contributed by atoms with Gasteiger partial charge in [0.25, 0.3) is 0 Å². The van der Waals surface area contributed by atoms with Crippen LogP contribution in [0.1, 0.15) is 19.3 Å². The van der Waals surface area contributed by atoms with Crippen LogP contribution in [0.15, 0.2) is 23.4 Å². The van der Waals surface area contributed by atoms with Gasteiger partial charge in [0.15, 0.2) is 0 Å². The SMILES string of the molecule is NC(CCCCNc1cc(F)ccc1F)=NO. The number of amidine groups is 1. The van der Waals surface area contributed by atoms with Gasteiger partial charge in [0.2, 0.25) is 0 Å². The highest BCUT2D eigenvalue weighted by Gasteiger charge is 2.02. The van der Waals surface area contributed by atoms with Gasteiger partial charge in [-0.3, -0.25) is 0 Å². The van der Waals surface area contributed by atoms with E-state index in [1.54, 1.807) is 0 Å². The molecule has 0 fully saturated rings. The molecule has 0 aliphatic carbocycles. The summed E-state index contributed by atoms with van der Waals surface area (Å²) < 4.78 is 26.0. The summed E-state index contributed by atoms with van der Waals surface area (Å²) in [6.07, 6.45) is 1.90. The summed E-state index contributed by atoms with van der Waals surface area (Å²) in [6.45, 7) is 0.499. The number of oxime groups is 1. The standard InChI is InChI=1S/C11H15F2N3O/c12-8-4-5-9(13)10(7-8)15-6-2-1-3-11(14)16-17/h4-5,7,15,17H,1-3,6H2,(H2,14,16). The number of rotatable bonds is 6. The second-order valence-electron chi connectivity index (χ2n) is 3.60. The van der Waals surface area contributed by atoms with Gasteiger partial charge in [0.05, 0.1) is 5.69 Å². The minimum atomic E-state index is -0.483. The zero-order valence-electron chi connectivity index (χ0n) is 9.29. The first-order valence-corrected chi connectivity index (χ1v) is 5.29. The Balaban J connectivity index is 2.29. The molecule has 0 unspecified atom stereocenters. The van der Waals surface area contributed by atoms with Crippen LogP contribution >= 0.6 is 0 Å². The van der Waals surface area contributed by atoms with Crippen LogP contribution in [0.3, 0.4) is 0 Å². The smallest absolute Gasteiger partial charge is 0.146 e. The summed E-state index contributed by atoms with van der Waals surface area (Å²) in [6, 6.07) is 3.26. The number of hydrogen-bond acceptors (Lipinski definition) is 3. The summed E-state index contributed by atoms with van der Waals surface area (Å²) in [4.78, 5) is 0. The number of halogens is 2. The van der Waals surface area contributed by atoms with Gasteiger partial charge in [-0.2, -0.15) is 0 Å². The average molecular weight is 243 g/mol. The zero-order chi connectivity index (χ0) is 12.7. The first-order chi connectivity index (χ1) is 8.13. The minimum absolute atomic E-state index is 0.147. The molecule has 0 atom stereocenters. The molecule has 0 heterocycles. The van der Waals surface area contributed by atoms with E-state index in [1.165, 1.54) is 0 Å². The van der Waals surface area contributed by atoms with E-state index in [2.05, 4.69) is 10.5 Å². The Hall–Kier alpha value is -1.85. The molecule has 6 heteroatoms. The van der Waals surface area contributed by atoms with E-state index in [0.717, 1.165) is 18.2 Å². The molecule has 1 aromatic carbocycles. The highest BCUT2D eigenvalue weighted by molar-refractivity contribution is 5.79. The Bertz CT molecular complexity index is 396. The normalized spacial score (nSPS) is 11.5. The van der Waals surface area contributed by atoms with Crippen LogP contribution < -0.4 is 11.1 Å². The van der Waals surface area contributed by atoms with E-state index < -0.39 is 11.6 Å². The molecule has 0 saturated carbocycles. The van der Waals surface area contributed by atoms with Crippen LogP contribution in [-0.2, 0) is 0 Å². The Morgan fingerprint density at radius 2 is 2.12 bits per heavy atom. The highest BCUT2D eigenvalue weighted by atomic mass is 19.1. The second-order valence-corrected chi connectivity index (χ2v) is 3.60. The van der Waals surface area contributed by atoms with Crippen molar-refractivity contribution < 1.29 is 14.0 Å². The van der Waals surface area contributed by atoms with Crippen LogP contribution in [0.5, 0.6) is 0 Å². The topological polar surface area (TPSA) is 70.6 Å². The van der Waals surface area contributed by atoms with Crippen molar-refractivity contribution in [2.45, 2.75) is 19.3 Å². The molecular formula is C11H15F2N3O. The molecule has 1 rings (SSSR count). The second kappa shape index (κ2) is 6.67. The summed E-state index contributed by atoms with van der Waals surface area (Å²) in [5, 5.41) is 13.9. The molecule has 4 nitrogen and oxygen atoms in total. The Labute approximate surface area is 98.1 Å². The van der Waals surface area contributed by atoms with Crippen molar-refractivity contribution in [2.75, 3.05) is 11.9 Å². The van der Waals surface area contributed by atoms with E-state index in [9.17, 15) is 8.78 Å². The van der Waals surface area contributed by atoms with Gasteiger partial charge in [-0.25, -0.2) is 8.78 Å². The lowest BCUT2D eigenvalue weighted by Crippen LogP contribution is -2.12. The molecule has 17 heavy (non-hydrogen) atoms. The fraction of sp³-hybridized carbons (Fsp3) is 0.364. The summed E-state index contributed by atoms with van der Waals surface area (Å²) >= 11 is 0. The first-order valence-electron chi connectivity index (χ1n) is 5.29. The van der Waals surface area contributed by atoms with Gasteiger partial charge in [-0.05, 0) is 31.0 Å². The molecule has 0 aliphatic heterocycles. The van der Waals surface area contributed by atoms with Crippen molar-refractivity contribution in [2.24, 2.45) is 10.9 Å². The Morgan fingerprint density at radius 3 is 2.82 bits per heavy atom. The molecule has 0 bridgehead atoms. The molecule has 0 spiro atoms. The van der Waals surface area contributed by atoms with E-state index in [4.69, 9.17) is 10.9 Å². The number of nitrogens with zero attached hydrogens (tertiary/aromatic N) is 1. The number of hydrogen-bond donors (Lipinski definition) is 3. The van der Waals surface area contributed by atoms with E-state index in [-0.39, 0.29) is 11.5 Å². The molecule has 0 radical (unpaired) electrons. The van der Waals surface area contributed by atoms with Crippen LogP contribution in [0.4, 0.5) is 14.5 Å². The molecule has 0 saturated heterocycles. The van der Waals surface area contributed by atoms with Crippen LogP contribution in [0, 0.1) is 11.6 Å². The third-order valence-electron chi connectivity index (χ3n) is 2.23. The summed E-state index contributed by atoms with van der Waals surface area (Å²) in [5.41, 5.74) is 5.43. The van der Waals surface area contributed by atoms with Crippen molar-refractivity contribution in [3.8, 4) is 0 Å².